The van der Waals surface area contributed by atoms with Gasteiger partial charge < -0.3 is 5.32 Å². The van der Waals surface area contributed by atoms with E-state index in [1.54, 1.807) is 78.9 Å². The Bertz CT molecular complexity index is 1000. The summed E-state index contributed by atoms with van der Waals surface area (Å²) in [7, 11) is -3.67. The number of halogens is 1. The van der Waals surface area contributed by atoms with E-state index in [4.69, 9.17) is 11.6 Å². The summed E-state index contributed by atoms with van der Waals surface area (Å²) in [6, 6.07) is 23.6. The lowest BCUT2D eigenvalue weighted by molar-refractivity contribution is 0.0953. The van der Waals surface area contributed by atoms with Crippen molar-refractivity contribution in [2.75, 3.05) is 6.54 Å². The maximum atomic E-state index is 13.2. The van der Waals surface area contributed by atoms with Gasteiger partial charge in [-0.15, -0.1) is 0 Å². The van der Waals surface area contributed by atoms with Crippen molar-refractivity contribution in [2.24, 2.45) is 0 Å². The molecule has 0 saturated carbocycles. The number of carbonyl (C=O) groups excluding carboxylic acids is 1. The molecule has 27 heavy (non-hydrogen) atoms. The van der Waals surface area contributed by atoms with Gasteiger partial charge >= 0.3 is 0 Å². The van der Waals surface area contributed by atoms with Gasteiger partial charge in [-0.2, -0.15) is 0 Å². The highest BCUT2D eigenvalue weighted by Crippen LogP contribution is 2.28. The minimum atomic E-state index is -3.67. The van der Waals surface area contributed by atoms with Crippen molar-refractivity contribution in [1.29, 1.82) is 0 Å². The Morgan fingerprint density at radius 1 is 0.852 bits per heavy atom. The number of amides is 1. The zero-order valence-corrected chi connectivity index (χ0v) is 16.0. The first-order valence-corrected chi connectivity index (χ1v) is 10.3. The van der Waals surface area contributed by atoms with Crippen molar-refractivity contribution in [3.63, 3.8) is 0 Å². The molecule has 0 aliphatic rings. The molecule has 0 bridgehead atoms. The summed E-state index contributed by atoms with van der Waals surface area (Å²) in [6.45, 7) is -0.0390. The van der Waals surface area contributed by atoms with Crippen LogP contribution in [0.3, 0.4) is 0 Å². The van der Waals surface area contributed by atoms with E-state index in [0.29, 0.717) is 16.1 Å². The van der Waals surface area contributed by atoms with Crippen LogP contribution in [-0.2, 0) is 9.84 Å². The fraction of sp³-hybridized carbons (Fsp3) is 0.0952. The fourth-order valence-electron chi connectivity index (χ4n) is 2.74. The molecule has 0 aliphatic heterocycles. The molecule has 1 atom stereocenters. The van der Waals surface area contributed by atoms with Gasteiger partial charge in [-0.25, -0.2) is 8.42 Å². The molecule has 1 N–H and O–H groups in total. The predicted molar refractivity (Wildman–Crippen MR) is 107 cm³/mol. The van der Waals surface area contributed by atoms with E-state index in [-0.39, 0.29) is 17.3 Å². The molecular weight excluding hydrogens is 382 g/mol. The lowest BCUT2D eigenvalue weighted by Crippen LogP contribution is -2.32. The smallest absolute Gasteiger partial charge is 0.251 e. The Morgan fingerprint density at radius 3 is 2.00 bits per heavy atom. The highest BCUT2D eigenvalue weighted by Gasteiger charge is 2.29. The van der Waals surface area contributed by atoms with E-state index in [1.807, 2.05) is 6.07 Å². The highest BCUT2D eigenvalue weighted by molar-refractivity contribution is 7.91. The fourth-order valence-corrected chi connectivity index (χ4v) is 4.55. The van der Waals surface area contributed by atoms with Crippen molar-refractivity contribution < 1.29 is 13.2 Å². The molecule has 3 aromatic carbocycles. The second-order valence-electron chi connectivity index (χ2n) is 5.97. The maximum Gasteiger partial charge on any atom is 0.251 e. The van der Waals surface area contributed by atoms with Crippen molar-refractivity contribution in [3.8, 4) is 0 Å². The highest BCUT2D eigenvalue weighted by atomic mass is 35.5. The minimum absolute atomic E-state index is 0.0390. The van der Waals surface area contributed by atoms with Crippen molar-refractivity contribution >= 4 is 27.3 Å². The monoisotopic (exact) mass is 399 g/mol. The largest absolute Gasteiger partial charge is 0.350 e. The second kappa shape index (κ2) is 8.37. The summed E-state index contributed by atoms with van der Waals surface area (Å²) in [6.07, 6.45) is 0. The molecule has 3 rings (SSSR count). The number of nitrogens with one attached hydrogen (secondary N) is 1. The molecule has 138 valence electrons. The van der Waals surface area contributed by atoms with Gasteiger partial charge in [-0.1, -0.05) is 60.1 Å². The van der Waals surface area contributed by atoms with Crippen LogP contribution < -0.4 is 5.32 Å². The molecule has 3 aromatic rings. The number of hydrogen-bond acceptors (Lipinski definition) is 3. The molecule has 0 aromatic heterocycles. The number of sulfone groups is 1. The lowest BCUT2D eigenvalue weighted by atomic mass is 10.1. The minimum Gasteiger partial charge on any atom is -0.350 e. The molecule has 1 amide bonds. The van der Waals surface area contributed by atoms with E-state index in [2.05, 4.69) is 5.32 Å². The first kappa shape index (κ1) is 19.1. The Morgan fingerprint density at radius 2 is 1.41 bits per heavy atom. The van der Waals surface area contributed by atoms with Crippen LogP contribution in [0, 0.1) is 0 Å². The summed E-state index contributed by atoms with van der Waals surface area (Å²) in [5, 5.41) is 2.37. The van der Waals surface area contributed by atoms with Gasteiger partial charge in [0.25, 0.3) is 5.91 Å². The molecule has 0 heterocycles. The topological polar surface area (TPSA) is 63.2 Å². The molecule has 0 fully saturated rings. The quantitative estimate of drug-likeness (QED) is 0.672. The van der Waals surface area contributed by atoms with Crippen molar-refractivity contribution in [2.45, 2.75) is 10.1 Å². The van der Waals surface area contributed by atoms with Gasteiger partial charge in [0.05, 0.1) is 4.90 Å². The lowest BCUT2D eigenvalue weighted by Gasteiger charge is -2.19. The van der Waals surface area contributed by atoms with Gasteiger partial charge in [0, 0.05) is 17.1 Å². The van der Waals surface area contributed by atoms with Crippen LogP contribution in [0.15, 0.2) is 89.8 Å². The Kier molecular flexibility index (Phi) is 5.94. The summed E-state index contributed by atoms with van der Waals surface area (Å²) >= 11 is 5.84. The third kappa shape index (κ3) is 4.56. The second-order valence-corrected chi connectivity index (χ2v) is 8.54. The van der Waals surface area contributed by atoms with Gasteiger partial charge in [-0.3, -0.25) is 4.79 Å². The number of hydrogen-bond donors (Lipinski definition) is 1. The summed E-state index contributed by atoms with van der Waals surface area (Å²) in [5.41, 5.74) is 1.04. The predicted octanol–water partition coefficient (Wildman–Crippen LogP) is 4.29. The van der Waals surface area contributed by atoms with Crippen LogP contribution in [0.25, 0.3) is 0 Å². The average Bonchev–Trinajstić information content (AvgIpc) is 2.70. The molecular formula is C21H18ClNO3S. The van der Waals surface area contributed by atoms with Crippen molar-refractivity contribution in [1.82, 2.24) is 5.32 Å². The first-order chi connectivity index (χ1) is 13.0. The summed E-state index contributed by atoms with van der Waals surface area (Å²) in [4.78, 5) is 12.6. The molecule has 0 saturated heterocycles. The molecule has 0 unspecified atom stereocenters. The average molecular weight is 400 g/mol. The standard InChI is InChI=1S/C21H18ClNO3S/c22-18-13-11-17(12-14-18)21(24)23-15-20(16-7-3-1-4-8-16)27(25,26)19-9-5-2-6-10-19/h1-14,20H,15H2,(H,23,24)/t20-/m1/s1. The zero-order valence-electron chi connectivity index (χ0n) is 14.4. The van der Waals surface area contributed by atoms with E-state index in [1.165, 1.54) is 0 Å². The maximum absolute atomic E-state index is 13.2. The Hall–Kier alpha value is -2.63. The molecule has 0 aliphatic carbocycles. The number of rotatable bonds is 6. The third-order valence-electron chi connectivity index (χ3n) is 4.17. The molecule has 0 spiro atoms. The summed E-state index contributed by atoms with van der Waals surface area (Å²) in [5.74, 6) is -0.351. The van der Waals surface area contributed by atoms with Crippen LogP contribution in [0.1, 0.15) is 21.2 Å². The molecule has 4 nitrogen and oxygen atoms in total. The van der Waals surface area contributed by atoms with Gasteiger partial charge in [0.2, 0.25) is 0 Å². The Balaban J connectivity index is 1.87. The van der Waals surface area contributed by atoms with E-state index < -0.39 is 15.1 Å². The first-order valence-electron chi connectivity index (χ1n) is 8.36. The van der Waals surface area contributed by atoms with Crippen LogP contribution in [0.5, 0.6) is 0 Å². The SMILES string of the molecule is O=C(NC[C@H](c1ccccc1)S(=O)(=O)c1ccccc1)c1ccc(Cl)cc1. The van der Waals surface area contributed by atoms with E-state index in [0.717, 1.165) is 0 Å². The normalized spacial score (nSPS) is 12.3. The summed E-state index contributed by atoms with van der Waals surface area (Å²) < 4.78 is 26.3. The van der Waals surface area contributed by atoms with Gasteiger partial charge in [0.15, 0.2) is 9.84 Å². The Labute approximate surface area is 163 Å². The van der Waals surface area contributed by atoms with Gasteiger partial charge in [0.1, 0.15) is 5.25 Å². The van der Waals surface area contributed by atoms with E-state index in [9.17, 15) is 13.2 Å². The molecule has 6 heteroatoms. The van der Waals surface area contributed by atoms with Crippen LogP contribution in [0.2, 0.25) is 5.02 Å². The molecule has 0 radical (unpaired) electrons. The van der Waals surface area contributed by atoms with E-state index >= 15 is 0 Å². The van der Waals surface area contributed by atoms with Gasteiger partial charge in [-0.05, 0) is 42.0 Å². The van der Waals surface area contributed by atoms with Crippen LogP contribution in [0.4, 0.5) is 0 Å². The number of carbonyl (C=O) groups is 1. The third-order valence-corrected chi connectivity index (χ3v) is 6.54. The zero-order chi connectivity index (χ0) is 19.3. The van der Waals surface area contributed by atoms with Crippen LogP contribution in [-0.4, -0.2) is 20.9 Å². The van der Waals surface area contributed by atoms with Crippen LogP contribution >= 0.6 is 11.6 Å². The number of benzene rings is 3. The van der Waals surface area contributed by atoms with Crippen molar-refractivity contribution in [3.05, 3.63) is 101 Å².